The summed E-state index contributed by atoms with van der Waals surface area (Å²) in [5.41, 5.74) is 3.58. The van der Waals surface area contributed by atoms with Gasteiger partial charge in [0.15, 0.2) is 0 Å². The van der Waals surface area contributed by atoms with Crippen molar-refractivity contribution < 1.29 is 4.74 Å². The first kappa shape index (κ1) is 8.17. The zero-order chi connectivity index (χ0) is 9.42. The molecule has 1 aromatic heterocycles. The molecule has 0 amide bonds. The standard InChI is InChI=1S/C11H13NO/c1-7-4-9(13-3)6-11-10(7)5-8(2)12-11/h4-6,12H,1-3H3. The Kier molecular flexibility index (Phi) is 1.76. The molecule has 68 valence electrons. The van der Waals surface area contributed by atoms with Crippen LogP contribution in [0.25, 0.3) is 10.9 Å². The van der Waals surface area contributed by atoms with E-state index in [9.17, 15) is 0 Å². The Morgan fingerprint density at radius 1 is 1.15 bits per heavy atom. The third-order valence-corrected chi connectivity index (χ3v) is 2.29. The van der Waals surface area contributed by atoms with Crippen LogP contribution in [0.15, 0.2) is 18.2 Å². The first-order valence-electron chi connectivity index (χ1n) is 4.34. The van der Waals surface area contributed by atoms with Gasteiger partial charge < -0.3 is 9.72 Å². The molecule has 1 N–H and O–H groups in total. The first-order chi connectivity index (χ1) is 6.20. The number of methoxy groups -OCH3 is 1. The number of hydrogen-bond donors (Lipinski definition) is 1. The summed E-state index contributed by atoms with van der Waals surface area (Å²) in [6.07, 6.45) is 0. The highest BCUT2D eigenvalue weighted by atomic mass is 16.5. The zero-order valence-corrected chi connectivity index (χ0v) is 8.14. The number of fused-ring (bicyclic) bond motifs is 1. The van der Waals surface area contributed by atoms with Crippen molar-refractivity contribution >= 4 is 10.9 Å². The van der Waals surface area contributed by atoms with Crippen LogP contribution in [0.5, 0.6) is 5.75 Å². The van der Waals surface area contributed by atoms with Gasteiger partial charge in [0.1, 0.15) is 5.75 Å². The predicted octanol–water partition coefficient (Wildman–Crippen LogP) is 2.79. The normalized spacial score (nSPS) is 10.7. The van der Waals surface area contributed by atoms with E-state index in [0.29, 0.717) is 0 Å². The summed E-state index contributed by atoms with van der Waals surface area (Å²) in [6, 6.07) is 6.23. The Morgan fingerprint density at radius 2 is 1.92 bits per heavy atom. The molecule has 0 aliphatic carbocycles. The highest BCUT2D eigenvalue weighted by molar-refractivity contribution is 5.85. The fraction of sp³-hybridized carbons (Fsp3) is 0.273. The molecule has 0 saturated carbocycles. The Labute approximate surface area is 77.5 Å². The molecule has 1 aromatic carbocycles. The molecule has 13 heavy (non-hydrogen) atoms. The number of aryl methyl sites for hydroxylation is 2. The van der Waals surface area contributed by atoms with Gasteiger partial charge >= 0.3 is 0 Å². The van der Waals surface area contributed by atoms with E-state index in [1.165, 1.54) is 16.6 Å². The molecule has 0 unspecified atom stereocenters. The number of hydrogen-bond acceptors (Lipinski definition) is 1. The maximum absolute atomic E-state index is 5.19. The van der Waals surface area contributed by atoms with Crippen molar-refractivity contribution in [2.24, 2.45) is 0 Å². The maximum Gasteiger partial charge on any atom is 0.121 e. The minimum Gasteiger partial charge on any atom is -0.497 e. The van der Waals surface area contributed by atoms with Crippen molar-refractivity contribution in [2.45, 2.75) is 13.8 Å². The Bertz CT molecular complexity index is 443. The molecule has 2 nitrogen and oxygen atoms in total. The number of aromatic nitrogens is 1. The summed E-state index contributed by atoms with van der Waals surface area (Å²) >= 11 is 0. The van der Waals surface area contributed by atoms with Crippen LogP contribution in [0.4, 0.5) is 0 Å². The Hall–Kier alpha value is -1.44. The van der Waals surface area contributed by atoms with E-state index < -0.39 is 0 Å². The van der Waals surface area contributed by atoms with Gasteiger partial charge in [0.2, 0.25) is 0 Å². The fourth-order valence-corrected chi connectivity index (χ4v) is 1.64. The van der Waals surface area contributed by atoms with Crippen molar-refractivity contribution in [3.8, 4) is 5.75 Å². The molecule has 2 heteroatoms. The number of rotatable bonds is 1. The van der Waals surface area contributed by atoms with E-state index in [1.807, 2.05) is 6.07 Å². The van der Waals surface area contributed by atoms with Gasteiger partial charge in [-0.1, -0.05) is 0 Å². The van der Waals surface area contributed by atoms with Gasteiger partial charge in [-0.25, -0.2) is 0 Å². The zero-order valence-electron chi connectivity index (χ0n) is 8.14. The van der Waals surface area contributed by atoms with E-state index >= 15 is 0 Å². The molecule has 0 atom stereocenters. The van der Waals surface area contributed by atoms with Gasteiger partial charge in [0.05, 0.1) is 7.11 Å². The van der Waals surface area contributed by atoms with Gasteiger partial charge in [0.25, 0.3) is 0 Å². The number of benzene rings is 1. The molecule has 2 rings (SSSR count). The molecule has 0 aliphatic rings. The van der Waals surface area contributed by atoms with Gasteiger partial charge in [-0.2, -0.15) is 0 Å². The van der Waals surface area contributed by atoms with Crippen LogP contribution >= 0.6 is 0 Å². The van der Waals surface area contributed by atoms with E-state index in [0.717, 1.165) is 11.3 Å². The fourth-order valence-electron chi connectivity index (χ4n) is 1.64. The topological polar surface area (TPSA) is 25.0 Å². The Balaban J connectivity index is 2.75. The summed E-state index contributed by atoms with van der Waals surface area (Å²) in [4.78, 5) is 3.29. The molecule has 2 aromatic rings. The smallest absolute Gasteiger partial charge is 0.121 e. The lowest BCUT2D eigenvalue weighted by molar-refractivity contribution is 0.415. The molecular weight excluding hydrogens is 162 g/mol. The highest BCUT2D eigenvalue weighted by Crippen LogP contribution is 2.24. The lowest BCUT2D eigenvalue weighted by Gasteiger charge is -2.01. The minimum atomic E-state index is 0.909. The first-order valence-corrected chi connectivity index (χ1v) is 4.34. The average Bonchev–Trinajstić information content (AvgIpc) is 2.46. The van der Waals surface area contributed by atoms with E-state index in [1.54, 1.807) is 7.11 Å². The average molecular weight is 175 g/mol. The summed E-state index contributed by atoms with van der Waals surface area (Å²) in [5.74, 6) is 0.909. The third kappa shape index (κ3) is 1.28. The molecule has 0 fully saturated rings. The third-order valence-electron chi connectivity index (χ3n) is 2.29. The molecule has 0 spiro atoms. The second kappa shape index (κ2) is 2.80. The van der Waals surface area contributed by atoms with Gasteiger partial charge in [-0.3, -0.25) is 0 Å². The van der Waals surface area contributed by atoms with E-state index in [2.05, 4.69) is 31.0 Å². The predicted molar refractivity (Wildman–Crippen MR) is 54.3 cm³/mol. The van der Waals surface area contributed by atoms with Crippen LogP contribution in [-0.2, 0) is 0 Å². The largest absolute Gasteiger partial charge is 0.497 e. The molecule has 0 radical (unpaired) electrons. The lowest BCUT2D eigenvalue weighted by Crippen LogP contribution is -1.84. The van der Waals surface area contributed by atoms with Crippen LogP contribution in [0.2, 0.25) is 0 Å². The van der Waals surface area contributed by atoms with Crippen molar-refractivity contribution in [3.63, 3.8) is 0 Å². The summed E-state index contributed by atoms with van der Waals surface area (Å²) < 4.78 is 5.19. The van der Waals surface area contributed by atoms with Crippen LogP contribution < -0.4 is 4.74 Å². The van der Waals surface area contributed by atoms with Crippen molar-refractivity contribution in [1.82, 2.24) is 4.98 Å². The minimum absolute atomic E-state index is 0.909. The summed E-state index contributed by atoms with van der Waals surface area (Å²) in [5, 5.41) is 1.28. The van der Waals surface area contributed by atoms with Crippen molar-refractivity contribution in [2.75, 3.05) is 7.11 Å². The van der Waals surface area contributed by atoms with Crippen LogP contribution in [0, 0.1) is 13.8 Å². The number of ether oxygens (including phenoxy) is 1. The lowest BCUT2D eigenvalue weighted by atomic mass is 10.1. The van der Waals surface area contributed by atoms with E-state index in [4.69, 9.17) is 4.74 Å². The highest BCUT2D eigenvalue weighted by Gasteiger charge is 2.02. The van der Waals surface area contributed by atoms with Crippen molar-refractivity contribution in [1.29, 1.82) is 0 Å². The SMILES string of the molecule is COc1cc(C)c2cc(C)[nH]c2c1. The molecule has 0 saturated heterocycles. The summed E-state index contributed by atoms with van der Waals surface area (Å²) in [7, 11) is 1.69. The quantitative estimate of drug-likeness (QED) is 0.708. The van der Waals surface area contributed by atoms with Crippen LogP contribution in [-0.4, -0.2) is 12.1 Å². The van der Waals surface area contributed by atoms with Crippen molar-refractivity contribution in [3.05, 3.63) is 29.5 Å². The molecule has 0 bridgehead atoms. The second-order valence-corrected chi connectivity index (χ2v) is 3.36. The monoisotopic (exact) mass is 175 g/mol. The molecular formula is C11H13NO. The molecule has 1 heterocycles. The summed E-state index contributed by atoms with van der Waals surface area (Å²) in [6.45, 7) is 4.16. The van der Waals surface area contributed by atoms with Crippen LogP contribution in [0.1, 0.15) is 11.3 Å². The van der Waals surface area contributed by atoms with Crippen LogP contribution in [0.3, 0.4) is 0 Å². The number of H-pyrrole nitrogens is 1. The number of nitrogens with one attached hydrogen (secondary N) is 1. The maximum atomic E-state index is 5.19. The molecule has 0 aliphatic heterocycles. The van der Waals surface area contributed by atoms with Gasteiger partial charge in [-0.05, 0) is 31.5 Å². The Morgan fingerprint density at radius 3 is 2.62 bits per heavy atom. The van der Waals surface area contributed by atoms with Gasteiger partial charge in [-0.15, -0.1) is 0 Å². The van der Waals surface area contributed by atoms with E-state index in [-0.39, 0.29) is 0 Å². The number of aromatic amines is 1. The van der Waals surface area contributed by atoms with Gasteiger partial charge in [0, 0.05) is 22.7 Å². The second-order valence-electron chi connectivity index (χ2n) is 3.36.